The van der Waals surface area contributed by atoms with Crippen LogP contribution in [0.4, 0.5) is 0 Å². The van der Waals surface area contributed by atoms with Crippen molar-refractivity contribution in [3.63, 3.8) is 0 Å². The van der Waals surface area contributed by atoms with Crippen LogP contribution in [0.2, 0.25) is 0 Å². The third-order valence-electron chi connectivity index (χ3n) is 6.08. The summed E-state index contributed by atoms with van der Waals surface area (Å²) in [6.07, 6.45) is 3.46. The first-order valence-electron chi connectivity index (χ1n) is 11.6. The van der Waals surface area contributed by atoms with Crippen LogP contribution in [0.5, 0.6) is 0 Å². The standard InChI is InChI=1S/C26H30N4O3/c1-3-4-15-27-23(31)19-13-16-30(17-14-19)26(32)22-11-9-21(10-12-22)25-29-28-24(33-25)20-7-5-18(2)6-8-20/h5-12,19H,3-4,13-17H2,1-2H3,(H,27,31). The third kappa shape index (κ3) is 5.48. The van der Waals surface area contributed by atoms with Gasteiger partial charge in [-0.15, -0.1) is 10.2 Å². The molecule has 7 heteroatoms. The second-order valence-electron chi connectivity index (χ2n) is 8.57. The molecule has 1 aromatic heterocycles. The van der Waals surface area contributed by atoms with Crippen molar-refractivity contribution >= 4 is 11.8 Å². The van der Waals surface area contributed by atoms with Crippen LogP contribution in [0.1, 0.15) is 48.5 Å². The zero-order valence-electron chi connectivity index (χ0n) is 19.2. The van der Waals surface area contributed by atoms with Crippen molar-refractivity contribution in [2.75, 3.05) is 19.6 Å². The predicted molar refractivity (Wildman–Crippen MR) is 126 cm³/mol. The Balaban J connectivity index is 1.34. The summed E-state index contributed by atoms with van der Waals surface area (Å²) in [6.45, 7) is 6.05. The average molecular weight is 447 g/mol. The molecule has 0 bridgehead atoms. The number of unbranched alkanes of at least 4 members (excludes halogenated alkanes) is 1. The SMILES string of the molecule is CCCCNC(=O)C1CCN(C(=O)c2ccc(-c3nnc(-c4ccc(C)cc4)o3)cc2)CC1. The minimum absolute atomic E-state index is 0.00599. The lowest BCUT2D eigenvalue weighted by Crippen LogP contribution is -2.43. The van der Waals surface area contributed by atoms with Crippen LogP contribution in [0.15, 0.2) is 52.9 Å². The molecule has 0 radical (unpaired) electrons. The van der Waals surface area contributed by atoms with Gasteiger partial charge in [0.1, 0.15) is 0 Å². The number of likely N-dealkylation sites (tertiary alicyclic amines) is 1. The fourth-order valence-electron chi connectivity index (χ4n) is 3.97. The third-order valence-corrected chi connectivity index (χ3v) is 6.08. The van der Waals surface area contributed by atoms with E-state index in [2.05, 4.69) is 22.4 Å². The maximum atomic E-state index is 12.9. The molecule has 0 spiro atoms. The largest absolute Gasteiger partial charge is 0.416 e. The molecule has 0 unspecified atom stereocenters. The van der Waals surface area contributed by atoms with Crippen LogP contribution < -0.4 is 5.32 Å². The maximum Gasteiger partial charge on any atom is 0.253 e. The Labute approximate surface area is 194 Å². The molecule has 1 fully saturated rings. The molecular formula is C26H30N4O3. The van der Waals surface area contributed by atoms with Crippen LogP contribution in [0.25, 0.3) is 22.9 Å². The second-order valence-corrected chi connectivity index (χ2v) is 8.57. The van der Waals surface area contributed by atoms with Gasteiger partial charge in [-0.25, -0.2) is 0 Å². The van der Waals surface area contributed by atoms with Gasteiger partial charge in [-0.05, 0) is 62.6 Å². The van der Waals surface area contributed by atoms with Crippen LogP contribution in [-0.2, 0) is 4.79 Å². The fraction of sp³-hybridized carbons (Fsp3) is 0.385. The van der Waals surface area contributed by atoms with E-state index in [1.165, 1.54) is 5.56 Å². The highest BCUT2D eigenvalue weighted by atomic mass is 16.4. The minimum Gasteiger partial charge on any atom is -0.416 e. The molecule has 1 N–H and O–H groups in total. The molecule has 0 atom stereocenters. The first kappa shape index (κ1) is 22.7. The molecule has 0 saturated carbocycles. The highest BCUT2D eigenvalue weighted by molar-refractivity contribution is 5.94. The van der Waals surface area contributed by atoms with E-state index in [1.807, 2.05) is 48.2 Å². The predicted octanol–water partition coefficient (Wildman–Crippen LogP) is 4.48. The number of amides is 2. The second kappa shape index (κ2) is 10.4. The Morgan fingerprint density at radius 1 is 0.970 bits per heavy atom. The smallest absolute Gasteiger partial charge is 0.253 e. The zero-order chi connectivity index (χ0) is 23.2. The van der Waals surface area contributed by atoms with Gasteiger partial charge in [0.05, 0.1) is 0 Å². The highest BCUT2D eigenvalue weighted by Crippen LogP contribution is 2.25. The van der Waals surface area contributed by atoms with E-state index >= 15 is 0 Å². The van der Waals surface area contributed by atoms with E-state index in [0.717, 1.165) is 30.5 Å². The van der Waals surface area contributed by atoms with Gasteiger partial charge in [0, 0.05) is 42.2 Å². The molecule has 3 aromatic rings. The number of piperidine rings is 1. The first-order valence-corrected chi connectivity index (χ1v) is 11.6. The highest BCUT2D eigenvalue weighted by Gasteiger charge is 2.27. The van der Waals surface area contributed by atoms with Crippen LogP contribution in [0.3, 0.4) is 0 Å². The van der Waals surface area contributed by atoms with Gasteiger partial charge in [0.2, 0.25) is 17.7 Å². The Morgan fingerprint density at radius 3 is 2.12 bits per heavy atom. The van der Waals surface area contributed by atoms with Gasteiger partial charge in [0.15, 0.2) is 0 Å². The van der Waals surface area contributed by atoms with Gasteiger partial charge in [-0.2, -0.15) is 0 Å². The zero-order valence-corrected chi connectivity index (χ0v) is 19.2. The summed E-state index contributed by atoms with van der Waals surface area (Å²) < 4.78 is 5.83. The summed E-state index contributed by atoms with van der Waals surface area (Å²) in [5, 5.41) is 11.3. The summed E-state index contributed by atoms with van der Waals surface area (Å²) in [4.78, 5) is 27.0. The molecule has 2 amide bonds. The van der Waals surface area contributed by atoms with E-state index in [4.69, 9.17) is 4.42 Å². The molecule has 1 aliphatic heterocycles. The number of hydrogen-bond acceptors (Lipinski definition) is 5. The van der Waals surface area contributed by atoms with Crippen molar-refractivity contribution in [2.45, 2.75) is 39.5 Å². The average Bonchev–Trinajstić information content (AvgIpc) is 3.35. The summed E-state index contributed by atoms with van der Waals surface area (Å²) in [5.74, 6) is 0.974. The summed E-state index contributed by atoms with van der Waals surface area (Å²) >= 11 is 0. The lowest BCUT2D eigenvalue weighted by atomic mass is 9.95. The monoisotopic (exact) mass is 446 g/mol. The van der Waals surface area contributed by atoms with E-state index < -0.39 is 0 Å². The normalized spacial score (nSPS) is 14.3. The number of carbonyl (C=O) groups is 2. The number of nitrogens with zero attached hydrogens (tertiary/aromatic N) is 3. The van der Waals surface area contributed by atoms with Crippen molar-refractivity contribution in [3.05, 3.63) is 59.7 Å². The summed E-state index contributed by atoms with van der Waals surface area (Å²) in [7, 11) is 0. The minimum atomic E-state index is -0.0164. The molecule has 2 aromatic carbocycles. The summed E-state index contributed by atoms with van der Waals surface area (Å²) in [6, 6.07) is 15.1. The molecule has 1 saturated heterocycles. The van der Waals surface area contributed by atoms with E-state index in [9.17, 15) is 9.59 Å². The molecule has 172 valence electrons. The Morgan fingerprint density at radius 2 is 1.55 bits per heavy atom. The molecule has 7 nitrogen and oxygen atoms in total. The lowest BCUT2D eigenvalue weighted by Gasteiger charge is -2.31. The molecule has 4 rings (SSSR count). The van der Waals surface area contributed by atoms with Crippen molar-refractivity contribution in [1.82, 2.24) is 20.4 Å². The number of hydrogen-bond donors (Lipinski definition) is 1. The van der Waals surface area contributed by atoms with E-state index in [-0.39, 0.29) is 17.7 Å². The molecule has 0 aliphatic carbocycles. The lowest BCUT2D eigenvalue weighted by molar-refractivity contribution is -0.126. The van der Waals surface area contributed by atoms with E-state index in [1.54, 1.807) is 12.1 Å². The van der Waals surface area contributed by atoms with Gasteiger partial charge < -0.3 is 14.6 Å². The molecule has 2 heterocycles. The first-order chi connectivity index (χ1) is 16.0. The quantitative estimate of drug-likeness (QED) is 0.541. The van der Waals surface area contributed by atoms with Crippen molar-refractivity contribution in [3.8, 4) is 22.9 Å². The van der Waals surface area contributed by atoms with Gasteiger partial charge in [-0.3, -0.25) is 9.59 Å². The Bertz CT molecular complexity index is 1080. The van der Waals surface area contributed by atoms with Crippen LogP contribution in [-0.4, -0.2) is 46.5 Å². The van der Waals surface area contributed by atoms with Crippen LogP contribution >= 0.6 is 0 Å². The number of aromatic nitrogens is 2. The number of carbonyl (C=O) groups excluding carboxylic acids is 2. The maximum absolute atomic E-state index is 12.9. The van der Waals surface area contributed by atoms with Crippen molar-refractivity contribution in [1.29, 1.82) is 0 Å². The van der Waals surface area contributed by atoms with Gasteiger partial charge in [0.25, 0.3) is 5.91 Å². The van der Waals surface area contributed by atoms with Crippen molar-refractivity contribution in [2.24, 2.45) is 5.92 Å². The fourth-order valence-corrected chi connectivity index (χ4v) is 3.97. The molecule has 1 aliphatic rings. The molecule has 33 heavy (non-hydrogen) atoms. The number of benzene rings is 2. The topological polar surface area (TPSA) is 88.3 Å². The Kier molecular flexibility index (Phi) is 7.17. The summed E-state index contributed by atoms with van der Waals surface area (Å²) in [5.41, 5.74) is 3.41. The van der Waals surface area contributed by atoms with Gasteiger partial charge in [-0.1, -0.05) is 31.0 Å². The number of aryl methyl sites for hydroxylation is 1. The van der Waals surface area contributed by atoms with E-state index in [0.29, 0.717) is 43.3 Å². The number of rotatable bonds is 7. The molecular weight excluding hydrogens is 416 g/mol. The number of nitrogens with one attached hydrogen (secondary N) is 1. The van der Waals surface area contributed by atoms with Crippen LogP contribution in [0, 0.1) is 12.8 Å². The van der Waals surface area contributed by atoms with Crippen molar-refractivity contribution < 1.29 is 14.0 Å². The Hall–Kier alpha value is -3.48. The van der Waals surface area contributed by atoms with Gasteiger partial charge >= 0.3 is 0 Å².